The van der Waals surface area contributed by atoms with Crippen LogP contribution in [-0.4, -0.2) is 25.9 Å². The van der Waals surface area contributed by atoms with Gasteiger partial charge in [0.2, 0.25) is 0 Å². The Morgan fingerprint density at radius 1 is 1.29 bits per heavy atom. The highest BCUT2D eigenvalue weighted by Crippen LogP contribution is 2.20. The van der Waals surface area contributed by atoms with Crippen LogP contribution in [0.15, 0.2) is 18.6 Å². The van der Waals surface area contributed by atoms with E-state index in [9.17, 15) is 0 Å². The van der Waals surface area contributed by atoms with E-state index in [4.69, 9.17) is 0 Å². The normalized spacial score (nSPS) is 12.8. The number of aryl methyl sites for hydroxylation is 3. The molecule has 0 saturated carbocycles. The van der Waals surface area contributed by atoms with Crippen molar-refractivity contribution in [3.63, 3.8) is 0 Å². The van der Waals surface area contributed by atoms with Crippen molar-refractivity contribution in [3.8, 4) is 0 Å². The monoisotopic (exact) mass is 289 g/mol. The molecule has 21 heavy (non-hydrogen) atoms. The summed E-state index contributed by atoms with van der Waals surface area (Å²) >= 11 is 0. The summed E-state index contributed by atoms with van der Waals surface area (Å²) in [5, 5.41) is 8.12. The second-order valence-corrected chi connectivity index (χ2v) is 5.59. The van der Waals surface area contributed by atoms with Gasteiger partial charge in [-0.2, -0.15) is 5.10 Å². The van der Waals surface area contributed by atoms with Gasteiger partial charge in [0.05, 0.1) is 5.69 Å². The Kier molecular flexibility index (Phi) is 5.56. The van der Waals surface area contributed by atoms with E-state index >= 15 is 0 Å². The van der Waals surface area contributed by atoms with Crippen molar-refractivity contribution < 1.29 is 0 Å². The number of imidazole rings is 1. The predicted octanol–water partition coefficient (Wildman–Crippen LogP) is 2.62. The molecule has 5 heteroatoms. The average Bonchev–Trinajstić information content (AvgIpc) is 3.02. The molecule has 0 spiro atoms. The summed E-state index contributed by atoms with van der Waals surface area (Å²) in [5.74, 6) is 1.15. The fraction of sp³-hybridized carbons (Fsp3) is 0.625. The molecule has 0 saturated heterocycles. The number of hydrogen-bond acceptors (Lipinski definition) is 3. The second-order valence-electron chi connectivity index (χ2n) is 5.59. The lowest BCUT2D eigenvalue weighted by Crippen LogP contribution is -2.25. The van der Waals surface area contributed by atoms with Crippen molar-refractivity contribution in [2.75, 3.05) is 6.54 Å². The molecule has 0 aliphatic heterocycles. The molecule has 116 valence electrons. The van der Waals surface area contributed by atoms with Crippen molar-refractivity contribution in [1.29, 1.82) is 0 Å². The molecule has 2 rings (SSSR count). The van der Waals surface area contributed by atoms with Gasteiger partial charge in [0, 0.05) is 50.2 Å². The van der Waals surface area contributed by atoms with Gasteiger partial charge in [0.25, 0.3) is 0 Å². The molecule has 1 N–H and O–H groups in total. The topological polar surface area (TPSA) is 47.7 Å². The number of rotatable bonds is 8. The Morgan fingerprint density at radius 3 is 2.71 bits per heavy atom. The first-order chi connectivity index (χ1) is 10.2. The van der Waals surface area contributed by atoms with Crippen LogP contribution >= 0.6 is 0 Å². The van der Waals surface area contributed by atoms with Gasteiger partial charge in [0.1, 0.15) is 5.82 Å². The van der Waals surface area contributed by atoms with E-state index < -0.39 is 0 Å². The first kappa shape index (κ1) is 15.8. The van der Waals surface area contributed by atoms with Gasteiger partial charge in [0.15, 0.2) is 0 Å². The number of nitrogens with one attached hydrogen (secondary N) is 1. The van der Waals surface area contributed by atoms with Crippen molar-refractivity contribution in [2.45, 2.75) is 52.6 Å². The zero-order chi connectivity index (χ0) is 15.2. The standard InChI is InChI=1S/C16H27N5/c1-5-7-17-15(14-12-20(4)19-13(14)3)11-16-18-8-10-21(16)9-6-2/h8,10,12,15,17H,5-7,9,11H2,1-4H3. The molecule has 2 heterocycles. The molecule has 2 aromatic rings. The largest absolute Gasteiger partial charge is 0.335 e. The maximum absolute atomic E-state index is 4.54. The summed E-state index contributed by atoms with van der Waals surface area (Å²) in [7, 11) is 1.98. The molecular weight excluding hydrogens is 262 g/mol. The highest BCUT2D eigenvalue weighted by molar-refractivity contribution is 5.21. The van der Waals surface area contributed by atoms with E-state index in [0.717, 1.165) is 43.9 Å². The summed E-state index contributed by atoms with van der Waals surface area (Å²) in [6.45, 7) is 8.50. The van der Waals surface area contributed by atoms with Crippen molar-refractivity contribution in [1.82, 2.24) is 24.6 Å². The van der Waals surface area contributed by atoms with E-state index in [-0.39, 0.29) is 6.04 Å². The van der Waals surface area contributed by atoms with Crippen LogP contribution in [0.1, 0.15) is 49.8 Å². The third-order valence-corrected chi connectivity index (χ3v) is 3.72. The van der Waals surface area contributed by atoms with Gasteiger partial charge >= 0.3 is 0 Å². The Bertz CT molecular complexity index is 555. The summed E-state index contributed by atoms with van der Waals surface area (Å²) < 4.78 is 4.15. The van der Waals surface area contributed by atoms with E-state index in [2.05, 4.69) is 53.1 Å². The van der Waals surface area contributed by atoms with Crippen LogP contribution in [0.4, 0.5) is 0 Å². The van der Waals surface area contributed by atoms with Crippen LogP contribution in [0.25, 0.3) is 0 Å². The van der Waals surface area contributed by atoms with Crippen LogP contribution in [0.3, 0.4) is 0 Å². The van der Waals surface area contributed by atoms with E-state index in [0.29, 0.717) is 0 Å². The number of aromatic nitrogens is 4. The molecule has 2 aromatic heterocycles. The maximum atomic E-state index is 4.54. The molecule has 0 radical (unpaired) electrons. The SMILES string of the molecule is CCCNC(Cc1nccn1CCC)c1cn(C)nc1C. The fourth-order valence-corrected chi connectivity index (χ4v) is 2.73. The van der Waals surface area contributed by atoms with E-state index in [1.807, 2.05) is 17.9 Å². The van der Waals surface area contributed by atoms with E-state index in [1.54, 1.807) is 0 Å². The molecule has 0 amide bonds. The third kappa shape index (κ3) is 3.94. The third-order valence-electron chi connectivity index (χ3n) is 3.72. The minimum Gasteiger partial charge on any atom is -0.335 e. The van der Waals surface area contributed by atoms with Gasteiger partial charge < -0.3 is 9.88 Å². The highest BCUT2D eigenvalue weighted by atomic mass is 15.3. The fourth-order valence-electron chi connectivity index (χ4n) is 2.73. The molecule has 0 fully saturated rings. The quantitative estimate of drug-likeness (QED) is 0.812. The van der Waals surface area contributed by atoms with Gasteiger partial charge in [-0.1, -0.05) is 13.8 Å². The van der Waals surface area contributed by atoms with E-state index in [1.165, 1.54) is 5.56 Å². The average molecular weight is 289 g/mol. The summed E-state index contributed by atoms with van der Waals surface area (Å²) in [6.07, 6.45) is 9.25. The lowest BCUT2D eigenvalue weighted by molar-refractivity contribution is 0.500. The molecule has 1 atom stereocenters. The zero-order valence-corrected chi connectivity index (χ0v) is 13.6. The first-order valence-electron chi connectivity index (χ1n) is 7.89. The molecule has 0 aromatic carbocycles. The minimum atomic E-state index is 0.275. The molecule has 0 aliphatic carbocycles. The Hall–Kier alpha value is -1.62. The first-order valence-corrected chi connectivity index (χ1v) is 7.89. The predicted molar refractivity (Wildman–Crippen MR) is 85.2 cm³/mol. The molecule has 5 nitrogen and oxygen atoms in total. The molecule has 0 aliphatic rings. The zero-order valence-electron chi connectivity index (χ0n) is 13.6. The van der Waals surface area contributed by atoms with Crippen LogP contribution in [-0.2, 0) is 20.0 Å². The van der Waals surface area contributed by atoms with Crippen molar-refractivity contribution in [3.05, 3.63) is 35.7 Å². The molecule has 1 unspecified atom stereocenters. The van der Waals surface area contributed by atoms with Crippen LogP contribution < -0.4 is 5.32 Å². The van der Waals surface area contributed by atoms with Crippen molar-refractivity contribution >= 4 is 0 Å². The smallest absolute Gasteiger partial charge is 0.110 e. The second kappa shape index (κ2) is 7.41. The Morgan fingerprint density at radius 2 is 2.10 bits per heavy atom. The van der Waals surface area contributed by atoms with Gasteiger partial charge in [-0.25, -0.2) is 4.98 Å². The highest BCUT2D eigenvalue weighted by Gasteiger charge is 2.18. The summed E-state index contributed by atoms with van der Waals surface area (Å²) in [5.41, 5.74) is 2.37. The Balaban J connectivity index is 2.20. The van der Waals surface area contributed by atoms with Gasteiger partial charge in [-0.05, 0) is 26.3 Å². The van der Waals surface area contributed by atoms with Crippen molar-refractivity contribution in [2.24, 2.45) is 7.05 Å². The molecule has 0 bridgehead atoms. The lowest BCUT2D eigenvalue weighted by atomic mass is 10.0. The van der Waals surface area contributed by atoms with Crippen LogP contribution in [0.5, 0.6) is 0 Å². The summed E-state index contributed by atoms with van der Waals surface area (Å²) in [4.78, 5) is 4.54. The van der Waals surface area contributed by atoms with Crippen LogP contribution in [0.2, 0.25) is 0 Å². The maximum Gasteiger partial charge on any atom is 0.110 e. The minimum absolute atomic E-state index is 0.275. The number of nitrogens with zero attached hydrogens (tertiary/aromatic N) is 4. The molecular formula is C16H27N5. The summed E-state index contributed by atoms with van der Waals surface area (Å²) in [6, 6.07) is 0.275. The van der Waals surface area contributed by atoms with Crippen LogP contribution in [0, 0.1) is 6.92 Å². The Labute approximate surface area is 127 Å². The van der Waals surface area contributed by atoms with Gasteiger partial charge in [-0.15, -0.1) is 0 Å². The number of hydrogen-bond donors (Lipinski definition) is 1. The van der Waals surface area contributed by atoms with Gasteiger partial charge in [-0.3, -0.25) is 4.68 Å². The lowest BCUT2D eigenvalue weighted by Gasteiger charge is -2.18.